The maximum atomic E-state index is 13.1. The number of esters is 1. The molecule has 0 amide bonds. The Bertz CT molecular complexity index is 1360. The lowest BCUT2D eigenvalue weighted by atomic mass is 10.0. The molecule has 178 valence electrons. The first-order chi connectivity index (χ1) is 16.9. The normalized spacial score (nSPS) is 15.2. The summed E-state index contributed by atoms with van der Waals surface area (Å²) in [6.07, 6.45) is 1.76. The molecule has 35 heavy (non-hydrogen) atoms. The number of aryl methyl sites for hydroxylation is 1. The van der Waals surface area contributed by atoms with E-state index in [4.69, 9.17) is 23.7 Å². The van der Waals surface area contributed by atoms with E-state index in [0.717, 1.165) is 15.6 Å². The Morgan fingerprint density at radius 1 is 1.11 bits per heavy atom. The molecule has 3 aromatic carbocycles. The van der Waals surface area contributed by atoms with Crippen LogP contribution in [0.4, 0.5) is 0 Å². The van der Waals surface area contributed by atoms with E-state index >= 15 is 0 Å². The van der Waals surface area contributed by atoms with Crippen LogP contribution in [0.2, 0.25) is 0 Å². The highest BCUT2D eigenvalue weighted by Gasteiger charge is 2.31. The maximum absolute atomic E-state index is 13.1. The number of carbonyl (C=O) groups is 2. The summed E-state index contributed by atoms with van der Waals surface area (Å²) in [5.41, 5.74) is 3.49. The molecule has 0 bridgehead atoms. The molecule has 0 radical (unpaired) electrons. The molecule has 0 unspecified atom stereocenters. The van der Waals surface area contributed by atoms with Gasteiger partial charge in [-0.05, 0) is 54.5 Å². The van der Waals surface area contributed by atoms with Crippen molar-refractivity contribution in [1.82, 2.24) is 0 Å². The third-order valence-corrected chi connectivity index (χ3v) is 6.13. The van der Waals surface area contributed by atoms with Gasteiger partial charge in [-0.2, -0.15) is 0 Å². The number of methoxy groups -OCH3 is 1. The maximum Gasteiger partial charge on any atom is 0.315 e. The molecule has 0 atom stereocenters. The minimum absolute atomic E-state index is 0.1000. The van der Waals surface area contributed by atoms with Crippen molar-refractivity contribution in [2.45, 2.75) is 20.0 Å². The van der Waals surface area contributed by atoms with Crippen LogP contribution in [0.3, 0.4) is 0 Å². The van der Waals surface area contributed by atoms with Crippen LogP contribution >= 0.6 is 15.9 Å². The summed E-state index contributed by atoms with van der Waals surface area (Å²) in [5.74, 6) is 1.54. The van der Waals surface area contributed by atoms with Crippen LogP contribution in [0, 0.1) is 6.92 Å². The number of carbonyl (C=O) groups excluding carboxylic acids is 2. The van der Waals surface area contributed by atoms with Gasteiger partial charge in [0, 0.05) is 21.7 Å². The van der Waals surface area contributed by atoms with Gasteiger partial charge in [0.2, 0.25) is 5.78 Å². The Morgan fingerprint density at radius 3 is 2.69 bits per heavy atom. The first-order valence-corrected chi connectivity index (χ1v) is 11.7. The molecule has 2 aliphatic heterocycles. The Hall–Kier alpha value is -3.62. The van der Waals surface area contributed by atoms with Crippen LogP contribution in [0.1, 0.15) is 32.6 Å². The Balaban J connectivity index is 1.37. The standard InChI is InChI=1S/C27H21BrO7/c1-15-7-21(34-24(29)8-16-3-5-20(31-2)6-4-16)12-22-25(15)26(30)23(35-22)11-17-9-19(28)10-18-13-32-14-33-27(17)18/h3-7,9-12H,8,13-14H2,1-2H3/b23-11-. The van der Waals surface area contributed by atoms with Crippen molar-refractivity contribution < 1.29 is 33.3 Å². The second kappa shape index (κ2) is 9.56. The van der Waals surface area contributed by atoms with Crippen LogP contribution in [-0.2, 0) is 22.6 Å². The number of allylic oxidation sites excluding steroid dienone is 1. The highest BCUT2D eigenvalue weighted by atomic mass is 79.9. The van der Waals surface area contributed by atoms with Gasteiger partial charge in [0.15, 0.2) is 12.6 Å². The van der Waals surface area contributed by atoms with E-state index in [-0.39, 0.29) is 24.8 Å². The second-order valence-corrected chi connectivity index (χ2v) is 9.06. The summed E-state index contributed by atoms with van der Waals surface area (Å²) in [4.78, 5) is 25.6. The van der Waals surface area contributed by atoms with Gasteiger partial charge in [-0.3, -0.25) is 9.59 Å². The van der Waals surface area contributed by atoms with Gasteiger partial charge >= 0.3 is 5.97 Å². The molecule has 2 heterocycles. The van der Waals surface area contributed by atoms with Gasteiger partial charge in [-0.1, -0.05) is 28.1 Å². The van der Waals surface area contributed by atoms with E-state index in [1.54, 1.807) is 44.4 Å². The lowest BCUT2D eigenvalue weighted by Crippen LogP contribution is -2.12. The van der Waals surface area contributed by atoms with Crippen LogP contribution in [-0.4, -0.2) is 25.7 Å². The largest absolute Gasteiger partial charge is 0.497 e. The highest BCUT2D eigenvalue weighted by Crippen LogP contribution is 2.39. The van der Waals surface area contributed by atoms with Crippen LogP contribution in [0.25, 0.3) is 6.08 Å². The average molecular weight is 537 g/mol. The summed E-state index contributed by atoms with van der Waals surface area (Å²) in [7, 11) is 1.59. The quantitative estimate of drug-likeness (QED) is 0.245. The predicted molar refractivity (Wildman–Crippen MR) is 131 cm³/mol. The molecule has 8 heteroatoms. The number of rotatable bonds is 5. The van der Waals surface area contributed by atoms with E-state index in [1.165, 1.54) is 0 Å². The van der Waals surface area contributed by atoms with Crippen molar-refractivity contribution in [2.75, 3.05) is 13.9 Å². The fraction of sp³-hybridized carbons (Fsp3) is 0.185. The Labute approximate surface area is 210 Å². The number of Topliss-reactive ketones (excluding diaryl/α,β-unsaturated/α-hetero) is 1. The zero-order chi connectivity index (χ0) is 24.5. The minimum atomic E-state index is -0.422. The third kappa shape index (κ3) is 4.80. The van der Waals surface area contributed by atoms with Crippen molar-refractivity contribution in [3.05, 3.63) is 86.6 Å². The van der Waals surface area contributed by atoms with Gasteiger partial charge in [0.05, 0.1) is 25.7 Å². The smallest absolute Gasteiger partial charge is 0.315 e. The highest BCUT2D eigenvalue weighted by molar-refractivity contribution is 9.10. The van der Waals surface area contributed by atoms with E-state index in [2.05, 4.69) is 15.9 Å². The minimum Gasteiger partial charge on any atom is -0.497 e. The van der Waals surface area contributed by atoms with Crippen LogP contribution < -0.4 is 18.9 Å². The lowest BCUT2D eigenvalue weighted by molar-refractivity contribution is -0.133. The monoisotopic (exact) mass is 536 g/mol. The van der Waals surface area contributed by atoms with Crippen LogP contribution in [0.5, 0.6) is 23.0 Å². The summed E-state index contributed by atoms with van der Waals surface area (Å²) >= 11 is 3.49. The van der Waals surface area contributed by atoms with E-state index in [9.17, 15) is 9.59 Å². The number of ketones is 1. The van der Waals surface area contributed by atoms with Crippen molar-refractivity contribution in [1.29, 1.82) is 0 Å². The van der Waals surface area contributed by atoms with E-state index in [1.807, 2.05) is 24.3 Å². The van der Waals surface area contributed by atoms with Gasteiger partial charge in [0.25, 0.3) is 0 Å². The predicted octanol–water partition coefficient (Wildman–Crippen LogP) is 5.40. The fourth-order valence-electron chi connectivity index (χ4n) is 4.07. The average Bonchev–Trinajstić information content (AvgIpc) is 3.14. The number of benzene rings is 3. The Kier molecular flexibility index (Phi) is 6.32. The molecule has 0 saturated heterocycles. The fourth-order valence-corrected chi connectivity index (χ4v) is 4.59. The molecule has 0 aliphatic carbocycles. The molecule has 0 fully saturated rings. The third-order valence-electron chi connectivity index (χ3n) is 5.67. The van der Waals surface area contributed by atoms with Crippen molar-refractivity contribution in [2.24, 2.45) is 0 Å². The molecule has 0 saturated carbocycles. The molecule has 2 aliphatic rings. The SMILES string of the molecule is COc1ccc(CC(=O)Oc2cc(C)c3c(c2)O/C(=C\c2cc(Br)cc4c2OCOC4)C3=O)cc1. The molecule has 3 aromatic rings. The van der Waals surface area contributed by atoms with Gasteiger partial charge in [0.1, 0.15) is 23.0 Å². The summed E-state index contributed by atoms with van der Waals surface area (Å²) < 4.78 is 28.4. The van der Waals surface area contributed by atoms with Crippen LogP contribution in [0.15, 0.2) is 58.8 Å². The molecule has 0 spiro atoms. The van der Waals surface area contributed by atoms with Crippen molar-refractivity contribution >= 4 is 33.8 Å². The van der Waals surface area contributed by atoms with Gasteiger partial charge < -0.3 is 23.7 Å². The summed E-state index contributed by atoms with van der Waals surface area (Å²) in [6.45, 7) is 2.35. The zero-order valence-corrected chi connectivity index (χ0v) is 20.6. The molecule has 7 nitrogen and oxygen atoms in total. The van der Waals surface area contributed by atoms with Crippen molar-refractivity contribution in [3.63, 3.8) is 0 Å². The number of fused-ring (bicyclic) bond motifs is 2. The second-order valence-electron chi connectivity index (χ2n) is 8.15. The topological polar surface area (TPSA) is 80.3 Å². The number of hydrogen-bond acceptors (Lipinski definition) is 7. The molecule has 0 N–H and O–H groups in total. The molecule has 0 aromatic heterocycles. The Morgan fingerprint density at radius 2 is 1.91 bits per heavy atom. The first kappa shape index (κ1) is 23.1. The summed E-state index contributed by atoms with van der Waals surface area (Å²) in [5, 5.41) is 0. The molecular formula is C27H21BrO7. The van der Waals surface area contributed by atoms with E-state index < -0.39 is 5.97 Å². The van der Waals surface area contributed by atoms with E-state index in [0.29, 0.717) is 46.3 Å². The number of ether oxygens (including phenoxy) is 5. The molecule has 5 rings (SSSR count). The lowest BCUT2D eigenvalue weighted by Gasteiger charge is -2.20. The summed E-state index contributed by atoms with van der Waals surface area (Å²) in [6, 6.07) is 14.2. The van der Waals surface area contributed by atoms with Gasteiger partial charge in [-0.15, -0.1) is 0 Å². The zero-order valence-electron chi connectivity index (χ0n) is 19.1. The van der Waals surface area contributed by atoms with Gasteiger partial charge in [-0.25, -0.2) is 0 Å². The molecular weight excluding hydrogens is 516 g/mol. The first-order valence-electron chi connectivity index (χ1n) is 10.9. The van der Waals surface area contributed by atoms with Crippen molar-refractivity contribution in [3.8, 4) is 23.0 Å². The number of halogens is 1. The number of hydrogen-bond donors (Lipinski definition) is 0.